The van der Waals surface area contributed by atoms with Crippen LogP contribution in [0.5, 0.6) is 11.5 Å². The summed E-state index contributed by atoms with van der Waals surface area (Å²) in [6.07, 6.45) is 3.00. The predicted molar refractivity (Wildman–Crippen MR) is 99.4 cm³/mol. The summed E-state index contributed by atoms with van der Waals surface area (Å²) in [6.45, 7) is 1.17. The summed E-state index contributed by atoms with van der Waals surface area (Å²) in [5, 5.41) is 2.62. The van der Waals surface area contributed by atoms with Crippen LogP contribution in [0, 0.1) is 0 Å². The number of ether oxygens (including phenoxy) is 3. The summed E-state index contributed by atoms with van der Waals surface area (Å²) in [4.78, 5) is 23.8. The van der Waals surface area contributed by atoms with Crippen LogP contribution in [-0.2, 0) is 24.2 Å². The number of carbonyl (C=O) groups is 2. The molecule has 1 aliphatic rings. The molecular weight excluding hydrogens is 374 g/mol. The molecule has 1 aliphatic heterocycles. The van der Waals surface area contributed by atoms with E-state index < -0.39 is 33.9 Å². The molecule has 1 aromatic rings. The molecule has 1 saturated heterocycles. The Morgan fingerprint density at radius 1 is 1.26 bits per heavy atom. The average molecular weight is 397 g/mol. The number of amides is 1. The van der Waals surface area contributed by atoms with Crippen LogP contribution in [0.25, 0.3) is 6.08 Å². The second-order valence-corrected chi connectivity index (χ2v) is 8.66. The zero-order valence-corrected chi connectivity index (χ0v) is 16.3. The van der Waals surface area contributed by atoms with Crippen LogP contribution in [0.3, 0.4) is 0 Å². The van der Waals surface area contributed by atoms with Crippen molar-refractivity contribution in [3.63, 3.8) is 0 Å². The largest absolute Gasteiger partial charge is 0.493 e. The van der Waals surface area contributed by atoms with Gasteiger partial charge >= 0.3 is 5.97 Å². The van der Waals surface area contributed by atoms with Gasteiger partial charge in [0.2, 0.25) is 0 Å². The maximum atomic E-state index is 11.9. The van der Waals surface area contributed by atoms with E-state index in [4.69, 9.17) is 14.2 Å². The number of hydrogen-bond acceptors (Lipinski definition) is 7. The highest BCUT2D eigenvalue weighted by Crippen LogP contribution is 2.31. The van der Waals surface area contributed by atoms with E-state index >= 15 is 0 Å². The molecule has 1 atom stereocenters. The number of para-hydroxylation sites is 1. The lowest BCUT2D eigenvalue weighted by atomic mass is 10.0. The van der Waals surface area contributed by atoms with Gasteiger partial charge < -0.3 is 19.5 Å². The van der Waals surface area contributed by atoms with Gasteiger partial charge in [-0.15, -0.1) is 0 Å². The molecule has 148 valence electrons. The summed E-state index contributed by atoms with van der Waals surface area (Å²) >= 11 is 0. The van der Waals surface area contributed by atoms with Crippen molar-refractivity contribution in [3.05, 3.63) is 29.8 Å². The summed E-state index contributed by atoms with van der Waals surface area (Å²) in [7, 11) is -0.142. The van der Waals surface area contributed by atoms with E-state index in [1.54, 1.807) is 25.1 Å². The number of benzene rings is 1. The number of carbonyl (C=O) groups excluding carboxylic acids is 2. The molecular formula is C18H23NO7S. The van der Waals surface area contributed by atoms with Gasteiger partial charge in [-0.25, -0.2) is 13.2 Å². The molecule has 2 rings (SSSR count). The molecule has 0 aromatic heterocycles. The lowest BCUT2D eigenvalue weighted by Crippen LogP contribution is -2.48. The summed E-state index contributed by atoms with van der Waals surface area (Å²) in [5.41, 5.74) is -0.214. The number of rotatable bonds is 7. The highest BCUT2D eigenvalue weighted by Gasteiger charge is 2.39. The van der Waals surface area contributed by atoms with Crippen molar-refractivity contribution in [2.45, 2.75) is 18.9 Å². The molecule has 1 N–H and O–H groups in total. The monoisotopic (exact) mass is 397 g/mol. The summed E-state index contributed by atoms with van der Waals surface area (Å²) in [5.74, 6) is -0.344. The van der Waals surface area contributed by atoms with E-state index in [1.165, 1.54) is 26.4 Å². The third-order valence-electron chi connectivity index (χ3n) is 4.12. The average Bonchev–Trinajstić information content (AvgIpc) is 2.90. The van der Waals surface area contributed by atoms with Crippen molar-refractivity contribution in [1.82, 2.24) is 5.32 Å². The Labute approximate surface area is 158 Å². The number of nitrogens with one attached hydrogen (secondary N) is 1. The van der Waals surface area contributed by atoms with Gasteiger partial charge in [0.1, 0.15) is 0 Å². The summed E-state index contributed by atoms with van der Waals surface area (Å²) < 4.78 is 38.4. The minimum absolute atomic E-state index is 0.0364. The van der Waals surface area contributed by atoms with Crippen LogP contribution in [0.4, 0.5) is 0 Å². The Bertz CT molecular complexity index is 847. The van der Waals surface area contributed by atoms with Crippen molar-refractivity contribution in [2.75, 3.05) is 32.3 Å². The van der Waals surface area contributed by atoms with Gasteiger partial charge in [0.25, 0.3) is 5.91 Å². The smallest absolute Gasteiger partial charge is 0.331 e. The molecule has 0 bridgehead atoms. The highest BCUT2D eigenvalue weighted by atomic mass is 32.2. The maximum Gasteiger partial charge on any atom is 0.331 e. The first kappa shape index (κ1) is 20.8. The molecule has 0 radical (unpaired) electrons. The van der Waals surface area contributed by atoms with E-state index in [-0.39, 0.29) is 11.5 Å². The van der Waals surface area contributed by atoms with Gasteiger partial charge in [0.05, 0.1) is 31.3 Å². The molecule has 27 heavy (non-hydrogen) atoms. The van der Waals surface area contributed by atoms with Crippen LogP contribution in [-0.4, -0.2) is 58.2 Å². The van der Waals surface area contributed by atoms with Crippen molar-refractivity contribution in [2.24, 2.45) is 0 Å². The fourth-order valence-electron chi connectivity index (χ4n) is 2.87. The SMILES string of the molecule is COc1cccc(/C=C/C(=O)OCC(=O)N[C@]2(C)CCS(=O)(=O)C2)c1OC. The fraction of sp³-hybridized carbons (Fsp3) is 0.444. The Hall–Kier alpha value is -2.55. The van der Waals surface area contributed by atoms with Crippen molar-refractivity contribution < 1.29 is 32.2 Å². The van der Waals surface area contributed by atoms with Crippen LogP contribution in [0.1, 0.15) is 18.9 Å². The van der Waals surface area contributed by atoms with E-state index in [1.807, 2.05) is 0 Å². The zero-order valence-electron chi connectivity index (χ0n) is 15.5. The second kappa shape index (κ2) is 8.43. The van der Waals surface area contributed by atoms with Crippen LogP contribution >= 0.6 is 0 Å². The first-order valence-corrected chi connectivity index (χ1v) is 10.1. The predicted octanol–water partition coefficient (Wildman–Crippen LogP) is 0.954. The molecule has 0 spiro atoms. The zero-order chi connectivity index (χ0) is 20.1. The Kier molecular flexibility index (Phi) is 6.48. The van der Waals surface area contributed by atoms with Crippen molar-refractivity contribution in [1.29, 1.82) is 0 Å². The van der Waals surface area contributed by atoms with Crippen LogP contribution in [0.2, 0.25) is 0 Å². The van der Waals surface area contributed by atoms with Crippen LogP contribution in [0.15, 0.2) is 24.3 Å². The Balaban J connectivity index is 1.89. The van der Waals surface area contributed by atoms with Gasteiger partial charge in [-0.1, -0.05) is 12.1 Å². The topological polar surface area (TPSA) is 108 Å². The maximum absolute atomic E-state index is 11.9. The number of methoxy groups -OCH3 is 2. The number of sulfone groups is 1. The molecule has 9 heteroatoms. The quantitative estimate of drug-likeness (QED) is 0.539. The normalized spacial score (nSPS) is 21.0. The molecule has 1 heterocycles. The van der Waals surface area contributed by atoms with E-state index in [0.717, 1.165) is 0 Å². The number of hydrogen-bond donors (Lipinski definition) is 1. The molecule has 0 unspecified atom stereocenters. The fourth-order valence-corrected chi connectivity index (χ4v) is 4.96. The Morgan fingerprint density at radius 2 is 2.00 bits per heavy atom. The highest BCUT2D eigenvalue weighted by molar-refractivity contribution is 7.91. The molecule has 1 amide bonds. The van der Waals surface area contributed by atoms with Crippen LogP contribution < -0.4 is 14.8 Å². The van der Waals surface area contributed by atoms with Gasteiger partial charge in [0, 0.05) is 11.6 Å². The molecule has 8 nitrogen and oxygen atoms in total. The Morgan fingerprint density at radius 3 is 2.59 bits per heavy atom. The van der Waals surface area contributed by atoms with Gasteiger partial charge in [-0.05, 0) is 25.5 Å². The third-order valence-corrected chi connectivity index (χ3v) is 6.03. The van der Waals surface area contributed by atoms with Gasteiger partial charge in [-0.3, -0.25) is 4.79 Å². The lowest BCUT2D eigenvalue weighted by molar-refractivity contribution is -0.144. The van der Waals surface area contributed by atoms with Gasteiger partial charge in [-0.2, -0.15) is 0 Å². The first-order valence-electron chi connectivity index (χ1n) is 8.25. The molecule has 1 fully saturated rings. The lowest BCUT2D eigenvalue weighted by Gasteiger charge is -2.23. The van der Waals surface area contributed by atoms with Crippen molar-refractivity contribution in [3.8, 4) is 11.5 Å². The second-order valence-electron chi connectivity index (χ2n) is 6.47. The minimum Gasteiger partial charge on any atom is -0.493 e. The standard InChI is InChI=1S/C18H23NO7S/c1-18(9-10-27(22,23)12-18)19-15(20)11-26-16(21)8-7-13-5-4-6-14(24-2)17(13)25-3/h4-8H,9-12H2,1-3H3,(H,19,20)/b8-7+/t18-/m1/s1. The summed E-state index contributed by atoms with van der Waals surface area (Å²) in [6, 6.07) is 5.21. The van der Waals surface area contributed by atoms with Crippen molar-refractivity contribution >= 4 is 27.8 Å². The minimum atomic E-state index is -3.14. The number of esters is 1. The molecule has 1 aromatic carbocycles. The van der Waals surface area contributed by atoms with E-state index in [9.17, 15) is 18.0 Å². The first-order chi connectivity index (χ1) is 12.7. The van der Waals surface area contributed by atoms with E-state index in [0.29, 0.717) is 23.5 Å². The molecule has 0 saturated carbocycles. The van der Waals surface area contributed by atoms with Gasteiger partial charge in [0.15, 0.2) is 27.9 Å². The third kappa shape index (κ3) is 5.72. The molecule has 0 aliphatic carbocycles. The van der Waals surface area contributed by atoms with E-state index in [2.05, 4.69) is 5.32 Å².